The number of nitrogens with two attached hydrogens (primary N) is 1. The number of primary amides is 1. The van der Waals surface area contributed by atoms with E-state index in [-0.39, 0.29) is 19.0 Å². The molecule has 1 unspecified atom stereocenters. The third kappa shape index (κ3) is 4.26. The number of benzene rings is 2. The van der Waals surface area contributed by atoms with E-state index < -0.39 is 29.4 Å². The molecule has 0 saturated heterocycles. The van der Waals surface area contributed by atoms with Crippen molar-refractivity contribution in [3.05, 3.63) is 47.5 Å². The van der Waals surface area contributed by atoms with Gasteiger partial charge in [0.1, 0.15) is 17.6 Å². The van der Waals surface area contributed by atoms with Crippen molar-refractivity contribution >= 4 is 6.09 Å². The van der Waals surface area contributed by atoms with Crippen molar-refractivity contribution in [3.63, 3.8) is 0 Å². The van der Waals surface area contributed by atoms with Crippen molar-refractivity contribution in [2.24, 2.45) is 11.1 Å². The fourth-order valence-corrected chi connectivity index (χ4v) is 3.37. The van der Waals surface area contributed by atoms with E-state index in [2.05, 4.69) is 0 Å². The molecule has 2 N–H and O–H groups in total. The molecule has 2 aromatic rings. The zero-order chi connectivity index (χ0) is 21.4. The first-order valence-electron chi connectivity index (χ1n) is 9.10. The molecule has 0 fully saturated rings. The van der Waals surface area contributed by atoms with E-state index in [9.17, 15) is 18.0 Å². The molecular formula is C21H22F3NO4. The molecule has 0 saturated carbocycles. The van der Waals surface area contributed by atoms with Gasteiger partial charge in [-0.1, -0.05) is 32.0 Å². The predicted molar refractivity (Wildman–Crippen MR) is 101 cm³/mol. The zero-order valence-corrected chi connectivity index (χ0v) is 16.3. The largest absolute Gasteiger partial charge is 0.493 e. The maximum Gasteiger partial charge on any atom is 0.419 e. The van der Waals surface area contributed by atoms with E-state index in [1.54, 1.807) is 31.2 Å². The van der Waals surface area contributed by atoms with Crippen LogP contribution >= 0.6 is 0 Å². The summed E-state index contributed by atoms with van der Waals surface area (Å²) in [5.41, 5.74) is 5.37. The quantitative estimate of drug-likeness (QED) is 0.741. The van der Waals surface area contributed by atoms with E-state index >= 15 is 0 Å². The maximum absolute atomic E-state index is 13.4. The van der Waals surface area contributed by atoms with Crippen LogP contribution in [0.25, 0.3) is 11.1 Å². The highest BCUT2D eigenvalue weighted by molar-refractivity contribution is 5.69. The average molecular weight is 409 g/mol. The summed E-state index contributed by atoms with van der Waals surface area (Å²) >= 11 is 0. The van der Waals surface area contributed by atoms with Gasteiger partial charge >= 0.3 is 12.3 Å². The third-order valence-electron chi connectivity index (χ3n) is 4.76. The van der Waals surface area contributed by atoms with Crippen molar-refractivity contribution in [1.82, 2.24) is 0 Å². The van der Waals surface area contributed by atoms with E-state index in [1.807, 2.05) is 13.8 Å². The van der Waals surface area contributed by atoms with Crippen LogP contribution in [0.3, 0.4) is 0 Å². The fraction of sp³-hybridized carbons (Fsp3) is 0.381. The molecule has 156 valence electrons. The van der Waals surface area contributed by atoms with Gasteiger partial charge in [-0.15, -0.1) is 0 Å². The summed E-state index contributed by atoms with van der Waals surface area (Å²) in [6.07, 6.45) is -6.07. The Labute approximate surface area is 166 Å². The van der Waals surface area contributed by atoms with E-state index in [0.29, 0.717) is 22.4 Å². The predicted octanol–water partition coefficient (Wildman–Crippen LogP) is 5.33. The zero-order valence-electron chi connectivity index (χ0n) is 16.3. The first-order valence-corrected chi connectivity index (χ1v) is 9.10. The Kier molecular flexibility index (Phi) is 5.38. The van der Waals surface area contributed by atoms with Crippen molar-refractivity contribution in [3.8, 4) is 22.6 Å². The Morgan fingerprint density at radius 1 is 1.21 bits per heavy atom. The number of fused-ring (bicyclic) bond motifs is 1. The fourth-order valence-electron chi connectivity index (χ4n) is 3.37. The van der Waals surface area contributed by atoms with Crippen LogP contribution in [-0.4, -0.2) is 19.3 Å². The molecular weight excluding hydrogens is 387 g/mol. The maximum atomic E-state index is 13.4. The summed E-state index contributed by atoms with van der Waals surface area (Å²) in [4.78, 5) is 11.3. The van der Waals surface area contributed by atoms with Gasteiger partial charge in [-0.25, -0.2) is 4.79 Å². The van der Waals surface area contributed by atoms with Crippen LogP contribution in [0.2, 0.25) is 0 Å². The second-order valence-corrected chi connectivity index (χ2v) is 7.49. The van der Waals surface area contributed by atoms with Gasteiger partial charge in [-0.2, -0.15) is 13.2 Å². The summed E-state index contributed by atoms with van der Waals surface area (Å²) in [6.45, 7) is 5.77. The molecule has 0 aliphatic carbocycles. The number of rotatable bonds is 4. The Morgan fingerprint density at radius 3 is 2.48 bits per heavy atom. The lowest BCUT2D eigenvalue weighted by Crippen LogP contribution is -2.37. The lowest BCUT2D eigenvalue weighted by molar-refractivity contribution is -0.138. The van der Waals surface area contributed by atoms with E-state index in [4.69, 9.17) is 19.9 Å². The molecule has 0 radical (unpaired) electrons. The smallest absolute Gasteiger partial charge is 0.419 e. The Morgan fingerprint density at radius 2 is 1.86 bits per heavy atom. The van der Waals surface area contributed by atoms with Crippen LogP contribution in [0.4, 0.5) is 18.0 Å². The van der Waals surface area contributed by atoms with Gasteiger partial charge in [0.15, 0.2) is 0 Å². The summed E-state index contributed by atoms with van der Waals surface area (Å²) in [6, 6.07) is 8.91. The van der Waals surface area contributed by atoms with Gasteiger partial charge in [0.25, 0.3) is 0 Å². The number of ether oxygens (including phenoxy) is 3. The van der Waals surface area contributed by atoms with E-state index in [1.165, 1.54) is 6.07 Å². The monoisotopic (exact) mass is 409 g/mol. The Bertz CT molecular complexity index is 925. The number of hydrogen-bond acceptors (Lipinski definition) is 4. The lowest BCUT2D eigenvalue weighted by atomic mass is 9.80. The average Bonchev–Trinajstić information content (AvgIpc) is 2.63. The van der Waals surface area contributed by atoms with Crippen LogP contribution in [0.5, 0.6) is 11.5 Å². The molecule has 2 aromatic carbocycles. The van der Waals surface area contributed by atoms with Gasteiger partial charge in [-0.05, 0) is 36.2 Å². The van der Waals surface area contributed by atoms with Crippen molar-refractivity contribution in [1.29, 1.82) is 0 Å². The molecule has 5 nitrogen and oxygen atoms in total. The normalized spacial score (nSPS) is 17.8. The molecule has 0 spiro atoms. The number of alkyl halides is 3. The summed E-state index contributed by atoms with van der Waals surface area (Å²) in [7, 11) is 0. The molecule has 1 atom stereocenters. The SMILES string of the molecule is CCOc1ccc(-c2ccc3c(c2)OCC(C)(C)C3OC(N)=O)cc1C(F)(F)F. The molecule has 8 heteroatoms. The van der Waals surface area contributed by atoms with Crippen molar-refractivity contribution in [2.45, 2.75) is 33.1 Å². The van der Waals surface area contributed by atoms with Gasteiger partial charge in [-0.3, -0.25) is 0 Å². The topological polar surface area (TPSA) is 70.8 Å². The van der Waals surface area contributed by atoms with Gasteiger partial charge < -0.3 is 19.9 Å². The number of carbonyl (C=O) groups is 1. The highest BCUT2D eigenvalue weighted by atomic mass is 19.4. The summed E-state index contributed by atoms with van der Waals surface area (Å²) < 4.78 is 56.5. The third-order valence-corrected chi connectivity index (χ3v) is 4.76. The lowest BCUT2D eigenvalue weighted by Gasteiger charge is -2.38. The minimum absolute atomic E-state index is 0.131. The first kappa shape index (κ1) is 20.8. The molecule has 1 aliphatic rings. The van der Waals surface area contributed by atoms with Gasteiger partial charge in [0, 0.05) is 11.0 Å². The second-order valence-electron chi connectivity index (χ2n) is 7.49. The molecule has 1 aliphatic heterocycles. The number of hydrogen-bond donors (Lipinski definition) is 1. The Hall–Kier alpha value is -2.90. The highest BCUT2D eigenvalue weighted by Gasteiger charge is 2.40. The minimum atomic E-state index is -4.55. The van der Waals surface area contributed by atoms with Gasteiger partial charge in [0.05, 0.1) is 18.8 Å². The van der Waals surface area contributed by atoms with E-state index in [0.717, 1.165) is 6.07 Å². The standard InChI is InChI=1S/C21H22F3NO4/c1-4-27-16-8-6-12(9-15(16)21(22,23)24)13-5-7-14-17(10-13)28-11-20(2,3)18(14)29-19(25)26/h5-10,18H,4,11H2,1-3H3,(H2,25,26). The number of carbonyl (C=O) groups excluding carboxylic acids is 1. The van der Waals surface area contributed by atoms with Crippen LogP contribution in [0.15, 0.2) is 36.4 Å². The number of amides is 1. The molecule has 29 heavy (non-hydrogen) atoms. The molecule has 1 heterocycles. The Balaban J connectivity index is 2.03. The van der Waals surface area contributed by atoms with Crippen LogP contribution in [0.1, 0.15) is 38.0 Å². The minimum Gasteiger partial charge on any atom is -0.493 e. The van der Waals surface area contributed by atoms with Crippen molar-refractivity contribution < 1.29 is 32.2 Å². The molecule has 3 rings (SSSR count). The molecule has 0 aromatic heterocycles. The van der Waals surface area contributed by atoms with Crippen molar-refractivity contribution in [2.75, 3.05) is 13.2 Å². The van der Waals surface area contributed by atoms with Crippen LogP contribution in [-0.2, 0) is 10.9 Å². The molecule has 0 bridgehead atoms. The highest BCUT2D eigenvalue weighted by Crippen LogP contribution is 2.46. The summed E-state index contributed by atoms with van der Waals surface area (Å²) in [5, 5.41) is 0. The van der Waals surface area contributed by atoms with Crippen LogP contribution in [0, 0.1) is 5.41 Å². The summed E-state index contributed by atoms with van der Waals surface area (Å²) in [5.74, 6) is 0.227. The second kappa shape index (κ2) is 7.50. The first-order chi connectivity index (χ1) is 13.5. The number of halogens is 3. The van der Waals surface area contributed by atoms with Gasteiger partial charge in [0.2, 0.25) is 0 Å². The van der Waals surface area contributed by atoms with Crippen LogP contribution < -0.4 is 15.2 Å². The molecule has 1 amide bonds.